The number of hydrogen-bond donors (Lipinski definition) is 0. The highest BCUT2D eigenvalue weighted by Gasteiger charge is 2.48. The maximum absolute atomic E-state index is 11.4. The molecule has 5 nitrogen and oxygen atoms in total. The van der Waals surface area contributed by atoms with Crippen molar-refractivity contribution in [2.45, 2.75) is 43.1 Å². The molecule has 0 aromatic heterocycles. The van der Waals surface area contributed by atoms with Crippen LogP contribution in [0.25, 0.3) is 0 Å². The van der Waals surface area contributed by atoms with E-state index in [-0.39, 0.29) is 4.58 Å². The molecule has 3 aliphatic heterocycles. The topological polar surface area (TPSA) is 55.8 Å². The summed E-state index contributed by atoms with van der Waals surface area (Å²) < 4.78 is 10.8. The summed E-state index contributed by atoms with van der Waals surface area (Å²) >= 11 is 1.75. The molecule has 1 atom stereocenters. The Morgan fingerprint density at radius 2 is 1.83 bits per heavy atom. The second kappa shape index (κ2) is 7.82. The van der Waals surface area contributed by atoms with E-state index in [9.17, 15) is 9.59 Å². The van der Waals surface area contributed by atoms with E-state index in [0.29, 0.717) is 5.75 Å². The van der Waals surface area contributed by atoms with Gasteiger partial charge in [0.05, 0.1) is 12.3 Å². The molecule has 3 rings (SSSR count). The molecule has 7 heteroatoms. The lowest BCUT2D eigenvalue weighted by Crippen LogP contribution is -2.29. The first kappa shape index (κ1) is 17.0. The molecule has 0 aromatic rings. The fraction of sp³-hybridized carbons (Fsp3) is 0.750. The van der Waals surface area contributed by atoms with Crippen LogP contribution in [0, 0.1) is 11.8 Å². The summed E-state index contributed by atoms with van der Waals surface area (Å²) in [7, 11) is -2.02. The van der Waals surface area contributed by atoms with Gasteiger partial charge in [0.2, 0.25) is 0 Å². The van der Waals surface area contributed by atoms with Gasteiger partial charge in [0.15, 0.2) is 0 Å². The molecule has 23 heavy (non-hydrogen) atoms. The summed E-state index contributed by atoms with van der Waals surface area (Å²) in [5, 5.41) is 0. The summed E-state index contributed by atoms with van der Waals surface area (Å²) in [5.41, 5.74) is 0. The third-order valence-electron chi connectivity index (χ3n) is 4.26. The number of rotatable bonds is 3. The molecular formula is C16H23NO4S2. The molecule has 0 radical (unpaired) electrons. The van der Waals surface area contributed by atoms with Crippen molar-refractivity contribution in [1.29, 1.82) is 0 Å². The van der Waals surface area contributed by atoms with E-state index in [1.807, 2.05) is 0 Å². The molecule has 128 valence electrons. The second-order valence-electron chi connectivity index (χ2n) is 5.99. The number of carbonyl (C=O) groups excluding carboxylic acids is 2. The Balaban J connectivity index is 1.48. The zero-order valence-electron chi connectivity index (χ0n) is 13.3. The Hall–Kier alpha value is -0.840. The Morgan fingerprint density at radius 1 is 1.09 bits per heavy atom. The van der Waals surface area contributed by atoms with Gasteiger partial charge in [0.1, 0.15) is 4.58 Å². The lowest BCUT2D eigenvalue weighted by atomic mass is 10.1. The van der Waals surface area contributed by atoms with Gasteiger partial charge in [-0.1, -0.05) is 22.9 Å². The van der Waals surface area contributed by atoms with E-state index in [0.717, 1.165) is 44.6 Å². The average Bonchev–Trinajstić information content (AvgIpc) is 2.84. The van der Waals surface area contributed by atoms with Crippen molar-refractivity contribution in [2.75, 3.05) is 31.1 Å². The molecule has 3 fully saturated rings. The van der Waals surface area contributed by atoms with Gasteiger partial charge in [-0.25, -0.2) is 9.59 Å². The summed E-state index contributed by atoms with van der Waals surface area (Å²) in [5.74, 6) is 6.56. The van der Waals surface area contributed by atoms with Gasteiger partial charge in [-0.05, 0) is 44.5 Å². The van der Waals surface area contributed by atoms with Gasteiger partial charge in [0, 0.05) is 6.42 Å². The largest absolute Gasteiger partial charge is 0.441 e. The molecule has 3 heterocycles. The van der Waals surface area contributed by atoms with E-state index in [1.54, 1.807) is 11.8 Å². The van der Waals surface area contributed by atoms with Gasteiger partial charge in [-0.2, -0.15) is 0 Å². The Morgan fingerprint density at radius 3 is 2.57 bits per heavy atom. The number of likely N-dealkylation sites (tertiary alicyclic amines) is 1. The summed E-state index contributed by atoms with van der Waals surface area (Å²) in [6, 6.07) is 0. The maximum Gasteiger partial charge on any atom is 0.441 e. The molecule has 0 aliphatic carbocycles. The van der Waals surface area contributed by atoms with Crippen LogP contribution < -0.4 is 0 Å². The molecule has 0 bridgehead atoms. The van der Waals surface area contributed by atoms with Crippen LogP contribution in [0.5, 0.6) is 0 Å². The highest BCUT2D eigenvalue weighted by atomic mass is 32.3. The van der Waals surface area contributed by atoms with Gasteiger partial charge in [-0.15, -0.1) is 17.7 Å². The Kier molecular flexibility index (Phi) is 5.78. The van der Waals surface area contributed by atoms with Crippen LogP contribution in [0.4, 0.5) is 0 Å². The predicted molar refractivity (Wildman–Crippen MR) is 92.8 cm³/mol. The standard InChI is InChI=1S/C16H23NO4S2/c18-15-16(19)21-23(20-15)13-7-12-22-14(23)8-3-1-4-9-17-10-5-2-6-11-17/h14H,2-3,5-13H2. The first-order valence-corrected chi connectivity index (χ1v) is 11.0. The lowest BCUT2D eigenvalue weighted by molar-refractivity contribution is -0.150. The molecule has 3 saturated heterocycles. The Labute approximate surface area is 143 Å². The molecule has 0 aromatic carbocycles. The average molecular weight is 357 g/mol. The lowest BCUT2D eigenvalue weighted by Gasteiger charge is -2.44. The summed E-state index contributed by atoms with van der Waals surface area (Å²) in [6.07, 6.45) is 6.40. The van der Waals surface area contributed by atoms with Crippen LogP contribution in [-0.4, -0.2) is 52.6 Å². The molecule has 1 spiro atoms. The van der Waals surface area contributed by atoms with E-state index in [4.69, 9.17) is 8.37 Å². The molecule has 1 unspecified atom stereocenters. The minimum Gasteiger partial charge on any atom is -0.333 e. The minimum atomic E-state index is -2.02. The van der Waals surface area contributed by atoms with E-state index in [2.05, 4.69) is 16.7 Å². The number of carbonyl (C=O) groups is 2. The zero-order chi connectivity index (χ0) is 16.1. The highest BCUT2D eigenvalue weighted by Crippen LogP contribution is 2.65. The zero-order valence-corrected chi connectivity index (χ0v) is 14.9. The summed E-state index contributed by atoms with van der Waals surface area (Å²) in [6.45, 7) is 3.17. The fourth-order valence-corrected chi connectivity index (χ4v) is 8.10. The van der Waals surface area contributed by atoms with Gasteiger partial charge in [-0.3, -0.25) is 4.90 Å². The van der Waals surface area contributed by atoms with Crippen LogP contribution in [0.2, 0.25) is 0 Å². The van der Waals surface area contributed by atoms with Crippen LogP contribution >= 0.6 is 22.4 Å². The quantitative estimate of drug-likeness (QED) is 0.571. The van der Waals surface area contributed by atoms with Crippen molar-refractivity contribution in [1.82, 2.24) is 4.90 Å². The van der Waals surface area contributed by atoms with Crippen molar-refractivity contribution < 1.29 is 18.0 Å². The third kappa shape index (κ3) is 4.17. The van der Waals surface area contributed by atoms with Crippen molar-refractivity contribution >= 4 is 34.3 Å². The first-order valence-electron chi connectivity index (χ1n) is 8.26. The Bertz CT molecular complexity index is 506. The van der Waals surface area contributed by atoms with E-state index >= 15 is 0 Å². The predicted octanol–water partition coefficient (Wildman–Crippen LogP) is 2.45. The smallest absolute Gasteiger partial charge is 0.333 e. The second-order valence-corrected chi connectivity index (χ2v) is 10.2. The van der Waals surface area contributed by atoms with Gasteiger partial charge >= 0.3 is 11.9 Å². The van der Waals surface area contributed by atoms with Crippen LogP contribution in [0.15, 0.2) is 0 Å². The summed E-state index contributed by atoms with van der Waals surface area (Å²) in [4.78, 5) is 25.3. The SMILES string of the molecule is O=C1OS2(CCCSC2CCC#CCN2CCCCC2)OC1=O. The van der Waals surface area contributed by atoms with E-state index in [1.165, 1.54) is 19.3 Å². The molecule has 0 amide bonds. The third-order valence-corrected chi connectivity index (χ3v) is 9.44. The van der Waals surface area contributed by atoms with Gasteiger partial charge in [0.25, 0.3) is 0 Å². The minimum absolute atomic E-state index is 0.0796. The maximum atomic E-state index is 11.4. The number of nitrogens with zero attached hydrogens (tertiary/aromatic N) is 1. The van der Waals surface area contributed by atoms with Crippen LogP contribution in [0.1, 0.15) is 38.5 Å². The normalized spacial score (nSPS) is 28.6. The molecular weight excluding hydrogens is 334 g/mol. The number of hydrogen-bond acceptors (Lipinski definition) is 6. The van der Waals surface area contributed by atoms with Crippen molar-refractivity contribution in [3.8, 4) is 11.8 Å². The monoisotopic (exact) mass is 357 g/mol. The molecule has 0 saturated carbocycles. The molecule has 0 N–H and O–H groups in total. The van der Waals surface area contributed by atoms with Crippen molar-refractivity contribution in [2.24, 2.45) is 0 Å². The highest BCUT2D eigenvalue weighted by molar-refractivity contribution is 8.35. The van der Waals surface area contributed by atoms with Crippen LogP contribution in [-0.2, 0) is 18.0 Å². The van der Waals surface area contributed by atoms with E-state index < -0.39 is 22.5 Å². The number of thioether (sulfide) groups is 1. The van der Waals surface area contributed by atoms with Gasteiger partial charge < -0.3 is 8.37 Å². The van der Waals surface area contributed by atoms with Crippen molar-refractivity contribution in [3.05, 3.63) is 0 Å². The fourth-order valence-electron chi connectivity index (χ4n) is 3.07. The molecule has 3 aliphatic rings. The number of piperidine rings is 1. The first-order chi connectivity index (χ1) is 11.2. The van der Waals surface area contributed by atoms with Crippen LogP contribution in [0.3, 0.4) is 0 Å². The van der Waals surface area contributed by atoms with Crippen molar-refractivity contribution in [3.63, 3.8) is 0 Å².